The van der Waals surface area contributed by atoms with Gasteiger partial charge in [-0.3, -0.25) is 38.4 Å². The molecule has 6 aliphatic heterocycles. The minimum atomic E-state index is -2.43. The number of aliphatic carboxylic acids is 1. The second kappa shape index (κ2) is 42.0. The Balaban J connectivity index is 1.09. The van der Waals surface area contributed by atoms with Crippen molar-refractivity contribution >= 4 is 76.4 Å². The Morgan fingerprint density at radius 3 is 1.93 bits per heavy atom. The number of nitrogens with two attached hydrogens (primary N) is 1. The van der Waals surface area contributed by atoms with E-state index in [9.17, 15) is 90.7 Å². The predicted molar refractivity (Wildman–Crippen MR) is 450 cm³/mol. The normalized spacial score (nSPS) is 26.6. The molecule has 690 valence electrons. The van der Waals surface area contributed by atoms with Crippen LogP contribution in [0.25, 0.3) is 11.1 Å². The van der Waals surface area contributed by atoms with Crippen molar-refractivity contribution in [1.82, 2.24) is 53.2 Å². The number of ether oxygens (including phenoxy) is 5. The van der Waals surface area contributed by atoms with Crippen LogP contribution >= 0.6 is 23.2 Å². The van der Waals surface area contributed by atoms with Crippen LogP contribution in [0.4, 0.5) is 0 Å². The number of hydrogen-bond donors (Lipinski definition) is 26. The fourth-order valence-corrected chi connectivity index (χ4v) is 16.4. The topological polar surface area (TPSA) is 650 Å². The van der Waals surface area contributed by atoms with Crippen molar-refractivity contribution in [2.75, 3.05) is 33.4 Å². The molecular formula is C86H103Cl2N11O29. The molecule has 0 spiro atoms. The van der Waals surface area contributed by atoms with Crippen molar-refractivity contribution in [1.29, 1.82) is 0 Å². The summed E-state index contributed by atoms with van der Waals surface area (Å²) in [4.78, 5) is 132. The molecular weight excluding hydrogens is 1720 g/mol. The van der Waals surface area contributed by atoms with Gasteiger partial charge in [-0.15, -0.1) is 6.42 Å². The number of aliphatic hydroxyl groups is 11. The second-order valence-corrected chi connectivity index (χ2v) is 33.5. The number of rotatable bonds is 27. The minimum absolute atomic E-state index is 0.0150. The molecule has 2 fully saturated rings. The van der Waals surface area contributed by atoms with Crippen LogP contribution < -0.4 is 73.1 Å². The number of primary amides is 1. The van der Waals surface area contributed by atoms with Gasteiger partial charge in [0.2, 0.25) is 53.4 Å². The number of benzene rings is 6. The lowest BCUT2D eigenvalue weighted by atomic mass is 9.73. The highest BCUT2D eigenvalue weighted by Gasteiger charge is 2.52. The van der Waals surface area contributed by atoms with Crippen LogP contribution in [0.5, 0.6) is 46.0 Å². The molecule has 40 nitrogen and oxygen atoms in total. The molecule has 1 saturated carbocycles. The third kappa shape index (κ3) is 22.0. The molecule has 13 rings (SSSR count). The standard InChI is InChI=1S/C86H103Cl2N11O29/c1-7-37-9-11-38(12-10-37)31-93-86(5)30-43(22-36(4)76(86)114)124-75-72(112)70(110)58(34-101)127-85(75)128-74-56-26-42-27-57(74)126-55-18-15-41(25-48(55)88)67(107)65-82(120)97-63(84(122)123)45-28-52(103)46(32-91-19-8-20-92-83(121)73(113)71(111)69(109)53(104)33-100)68(108)60(45)44-23-39(13-16-51(44)102)61(79(117)99-65)96-80(118)62(42)95-78(116)50(29-59(89)105)94-81(119)64(98-77(115)49(90-6)21-35(2)3)66(106)40-14-17-54(125-56)47(87)24-40/h1,9-18,23-28,35-36,43,49-50,53,58,61-67,69-73,75-76,85,90-91,93,100-104,106-114H,8,19-22,29-34H2,2-6H3,(H2,89,105)(H,92,121)(H,94,119)(H,95,116)(H,96,118)(H,97,120)(H,98,115)(H,99,117)(H,122,123)/t36-,43-,49-,50+,53-,58-,61+,62-,63+,64-,65+,66-,67-,69-,70?,71+,72?,73-,75-,76-,85+,86?/m1/s1. The number of likely N-dealkylation sites (N-methyl/N-ethyl adjacent to an activating group) is 1. The third-order valence-corrected chi connectivity index (χ3v) is 23.5. The Bertz CT molecular complexity index is 5170. The van der Waals surface area contributed by atoms with Gasteiger partial charge in [0.15, 0.2) is 23.6 Å². The van der Waals surface area contributed by atoms with E-state index in [-0.39, 0.29) is 73.1 Å². The number of amides is 8. The van der Waals surface area contributed by atoms with Crippen LogP contribution in [0.15, 0.2) is 97.1 Å². The molecule has 27 N–H and O–H groups in total. The Labute approximate surface area is 741 Å². The number of terminal acetylenes is 1. The number of aliphatic hydroxyl groups excluding tert-OH is 11. The number of fused-ring (bicyclic) bond motifs is 15. The summed E-state index contributed by atoms with van der Waals surface area (Å²) in [6.45, 7) is 4.44. The maximum absolute atomic E-state index is 16.4. The SMILES string of the molecule is C#Cc1ccc(CNC2(C)C[C@H](O[C@@H]3C(O)C(O)[C@@H](CO)O[C@H]3Oc3c4cc5cc3Oc3ccc(cc3Cl)[C@@H](O)[C@@H](NC(=O)[C@@H](CC(C)C)NC)C(=O)N[C@@H](CC(N)=O)C(=O)N[C@H]5C(=O)N[C@@H]3C(=O)N[C@H](C(=O)N[C@H](C(=O)O)c5cc(O)c(CNCCCNC(=O)[C@H](O)[C@@H](O)[C@H](O)[C@H](O)CO)c(O)c5-c5cc3ccc5O)[C@H](O)c3ccc(c(Cl)c3)O4)C[C@@H](C)[C@H]2O)cc1. The highest BCUT2D eigenvalue weighted by Crippen LogP contribution is 2.51. The van der Waals surface area contributed by atoms with Gasteiger partial charge < -0.3 is 159 Å². The van der Waals surface area contributed by atoms with E-state index in [4.69, 9.17) is 64.1 Å². The molecule has 11 bridgehead atoms. The van der Waals surface area contributed by atoms with Crippen LogP contribution in [0.2, 0.25) is 10.0 Å². The van der Waals surface area contributed by atoms with E-state index in [1.54, 1.807) is 39.8 Å². The van der Waals surface area contributed by atoms with Crippen molar-refractivity contribution < 1.29 is 143 Å². The Hall–Kier alpha value is -11.2. The highest BCUT2D eigenvalue weighted by molar-refractivity contribution is 6.32. The Morgan fingerprint density at radius 2 is 1.33 bits per heavy atom. The van der Waals surface area contributed by atoms with Gasteiger partial charge in [-0.2, -0.15) is 0 Å². The minimum Gasteiger partial charge on any atom is -0.507 e. The summed E-state index contributed by atoms with van der Waals surface area (Å²) in [6.07, 6.45) is -19.6. The van der Waals surface area contributed by atoms with Crippen LogP contribution in [0.1, 0.15) is 135 Å². The molecule has 1 saturated heterocycles. The van der Waals surface area contributed by atoms with Gasteiger partial charge in [0.25, 0.3) is 5.91 Å². The lowest BCUT2D eigenvalue weighted by Crippen LogP contribution is -2.64. The average molecular weight is 1830 g/mol. The van der Waals surface area contributed by atoms with Gasteiger partial charge in [-0.25, -0.2) is 4.79 Å². The molecule has 42 heteroatoms. The number of nitrogens with one attached hydrogen (secondary N) is 10. The Kier molecular flexibility index (Phi) is 31.9. The molecule has 128 heavy (non-hydrogen) atoms. The van der Waals surface area contributed by atoms with E-state index < -0.39 is 291 Å². The zero-order valence-electron chi connectivity index (χ0n) is 69.6. The lowest BCUT2D eigenvalue weighted by Gasteiger charge is -2.48. The van der Waals surface area contributed by atoms with E-state index in [2.05, 4.69) is 59.1 Å². The van der Waals surface area contributed by atoms with Crippen molar-refractivity contribution in [3.8, 4) is 69.5 Å². The highest BCUT2D eigenvalue weighted by atomic mass is 35.5. The largest absolute Gasteiger partial charge is 0.507 e. The lowest BCUT2D eigenvalue weighted by molar-refractivity contribution is -0.299. The fourth-order valence-electron chi connectivity index (χ4n) is 15.9. The number of phenolic OH excluding ortho intramolecular Hbond substituents is 3. The van der Waals surface area contributed by atoms with Gasteiger partial charge in [0.1, 0.15) is 114 Å². The zero-order chi connectivity index (χ0) is 93.4. The summed E-state index contributed by atoms with van der Waals surface area (Å²) in [5.41, 5.74) is 2.24. The number of phenols is 3. The third-order valence-electron chi connectivity index (χ3n) is 22.9. The first-order valence-electron chi connectivity index (χ1n) is 40.8. The molecule has 7 aliphatic rings. The van der Waals surface area contributed by atoms with E-state index in [1.807, 2.05) is 12.1 Å². The number of carbonyl (C=O) groups is 9. The number of carboxylic acid groups (broad SMARTS) is 1. The number of carboxylic acids is 1. The smallest absolute Gasteiger partial charge is 0.330 e. The Morgan fingerprint density at radius 1 is 0.703 bits per heavy atom. The van der Waals surface area contributed by atoms with Gasteiger partial charge in [0, 0.05) is 47.4 Å². The van der Waals surface area contributed by atoms with Crippen LogP contribution in [-0.4, -0.2) is 260 Å². The van der Waals surface area contributed by atoms with Gasteiger partial charge in [0.05, 0.1) is 53.5 Å². The summed E-state index contributed by atoms with van der Waals surface area (Å²) in [5, 5.41) is 194. The van der Waals surface area contributed by atoms with Crippen LogP contribution in [-0.2, 0) is 65.7 Å². The molecule has 6 aromatic rings. The summed E-state index contributed by atoms with van der Waals surface area (Å²) < 4.78 is 33.5. The molecule has 3 unspecified atom stereocenters. The van der Waals surface area contributed by atoms with E-state index in [1.165, 1.54) is 19.2 Å². The molecule has 1 aliphatic carbocycles. The van der Waals surface area contributed by atoms with Crippen LogP contribution in [0.3, 0.4) is 0 Å². The number of carbonyl (C=O) groups excluding carboxylic acids is 8. The van der Waals surface area contributed by atoms with Gasteiger partial charge in [-0.05, 0) is 153 Å². The molecule has 8 amide bonds. The first-order valence-corrected chi connectivity index (χ1v) is 41.6. The molecule has 6 heterocycles. The quantitative estimate of drug-likeness (QED) is 0.0209. The van der Waals surface area contributed by atoms with Crippen molar-refractivity contribution in [2.45, 2.75) is 200 Å². The summed E-state index contributed by atoms with van der Waals surface area (Å²) >= 11 is 14.4. The summed E-state index contributed by atoms with van der Waals surface area (Å²) in [6, 6.07) is 4.78. The average Bonchev–Trinajstić information content (AvgIpc) is 0.751. The molecule has 22 atom stereocenters. The van der Waals surface area contributed by atoms with E-state index in [0.717, 1.165) is 66.2 Å². The van der Waals surface area contributed by atoms with Crippen molar-refractivity contribution in [3.63, 3.8) is 0 Å². The second-order valence-electron chi connectivity index (χ2n) is 32.6. The van der Waals surface area contributed by atoms with Crippen LogP contribution in [0, 0.1) is 24.2 Å². The van der Waals surface area contributed by atoms with Gasteiger partial charge >= 0.3 is 5.97 Å². The first kappa shape index (κ1) is 97.5. The summed E-state index contributed by atoms with van der Waals surface area (Å²) in [5.74, 6) is -16.1. The number of hydrogen-bond acceptors (Lipinski definition) is 31. The predicted octanol–water partition coefficient (Wildman–Crippen LogP) is -1.39. The van der Waals surface area contributed by atoms with E-state index >= 15 is 24.0 Å². The van der Waals surface area contributed by atoms with Crippen molar-refractivity contribution in [3.05, 3.63) is 152 Å². The maximum atomic E-state index is 16.4. The maximum Gasteiger partial charge on any atom is 0.330 e. The van der Waals surface area contributed by atoms with Crippen molar-refractivity contribution in [2.24, 2.45) is 17.6 Å². The number of aromatic hydroxyl groups is 3. The monoisotopic (exact) mass is 1820 g/mol. The fraction of sp³-hybridized carbons (Fsp3) is 0.453. The molecule has 0 aromatic heterocycles. The number of halogens is 2. The zero-order valence-corrected chi connectivity index (χ0v) is 71.1. The van der Waals surface area contributed by atoms with E-state index in [0.29, 0.717) is 5.56 Å². The molecule has 0 radical (unpaired) electrons. The first-order chi connectivity index (χ1) is 60.7. The molecule has 6 aromatic carbocycles. The van der Waals surface area contributed by atoms with Gasteiger partial charge in [-0.1, -0.05) is 80.2 Å². The summed E-state index contributed by atoms with van der Waals surface area (Å²) in [7, 11) is 1.46.